The van der Waals surface area contributed by atoms with Gasteiger partial charge >= 0.3 is 0 Å². The maximum absolute atomic E-state index is 13.5. The Hall–Kier alpha value is -0.920. The molecule has 0 aliphatic heterocycles. The molecule has 1 aromatic rings. The molecule has 0 spiro atoms. The summed E-state index contributed by atoms with van der Waals surface area (Å²) in [5, 5.41) is 9.74. The summed E-state index contributed by atoms with van der Waals surface area (Å²) in [5.74, 6) is -10.5. The van der Waals surface area contributed by atoms with Gasteiger partial charge in [-0.05, 0) is 11.8 Å². The summed E-state index contributed by atoms with van der Waals surface area (Å²) < 4.78 is 65.9. The second-order valence-corrected chi connectivity index (χ2v) is 5.71. The second kappa shape index (κ2) is 6.89. The van der Waals surface area contributed by atoms with Crippen LogP contribution < -0.4 is 5.73 Å². The minimum absolute atomic E-state index is 0. The zero-order chi connectivity index (χ0) is 15.8. The molecule has 0 saturated heterocycles. The van der Waals surface area contributed by atoms with E-state index in [1.54, 1.807) is 20.8 Å². The van der Waals surface area contributed by atoms with Crippen molar-refractivity contribution in [2.45, 2.75) is 39.3 Å². The van der Waals surface area contributed by atoms with E-state index in [9.17, 15) is 27.1 Å². The first-order valence-electron chi connectivity index (χ1n) is 5.93. The first-order chi connectivity index (χ1) is 8.98. The molecule has 0 fully saturated rings. The number of nitrogens with two attached hydrogens (primary N) is 1. The summed E-state index contributed by atoms with van der Waals surface area (Å²) in [4.78, 5) is 0. The zero-order valence-electron chi connectivity index (χ0n) is 11.7. The highest BCUT2D eigenvalue weighted by Gasteiger charge is 2.32. The Morgan fingerprint density at radius 2 is 1.24 bits per heavy atom. The van der Waals surface area contributed by atoms with Gasteiger partial charge in [0.05, 0.1) is 11.7 Å². The predicted octanol–water partition coefficient (Wildman–Crippen LogP) is 3.60. The van der Waals surface area contributed by atoms with E-state index in [2.05, 4.69) is 0 Å². The summed E-state index contributed by atoms with van der Waals surface area (Å²) in [7, 11) is 0. The molecule has 1 aromatic carbocycles. The third-order valence-corrected chi connectivity index (χ3v) is 3.17. The smallest absolute Gasteiger partial charge is 0.200 e. The third-order valence-electron chi connectivity index (χ3n) is 3.17. The molecule has 8 heteroatoms. The summed E-state index contributed by atoms with van der Waals surface area (Å²) in [6, 6.07) is -0.688. The van der Waals surface area contributed by atoms with Gasteiger partial charge in [0.2, 0.25) is 5.82 Å². The molecular weight excluding hydrogens is 317 g/mol. The van der Waals surface area contributed by atoms with Gasteiger partial charge in [0.15, 0.2) is 23.3 Å². The van der Waals surface area contributed by atoms with Gasteiger partial charge in [0.1, 0.15) is 0 Å². The van der Waals surface area contributed by atoms with Crippen molar-refractivity contribution in [2.24, 2.45) is 11.1 Å². The van der Waals surface area contributed by atoms with E-state index in [-0.39, 0.29) is 18.8 Å². The first-order valence-corrected chi connectivity index (χ1v) is 5.93. The third kappa shape index (κ3) is 4.05. The predicted molar refractivity (Wildman–Crippen MR) is 70.5 cm³/mol. The van der Waals surface area contributed by atoms with Crippen LogP contribution >= 0.6 is 12.4 Å². The number of benzene rings is 1. The molecule has 0 aliphatic rings. The van der Waals surface area contributed by atoms with Gasteiger partial charge in [-0.25, -0.2) is 22.0 Å². The van der Waals surface area contributed by atoms with E-state index in [0.29, 0.717) is 0 Å². The first kappa shape index (κ1) is 20.1. The van der Waals surface area contributed by atoms with Crippen molar-refractivity contribution in [1.29, 1.82) is 0 Å². The minimum atomic E-state index is -2.25. The Kier molecular flexibility index (Phi) is 6.59. The summed E-state index contributed by atoms with van der Waals surface area (Å²) >= 11 is 0. The molecule has 0 unspecified atom stereocenters. The van der Waals surface area contributed by atoms with Crippen LogP contribution in [0.5, 0.6) is 0 Å². The maximum Gasteiger partial charge on any atom is 0.200 e. The molecule has 0 amide bonds. The van der Waals surface area contributed by atoms with Gasteiger partial charge in [-0.3, -0.25) is 0 Å². The summed E-state index contributed by atoms with van der Waals surface area (Å²) in [6.07, 6.45) is -2.21. The zero-order valence-corrected chi connectivity index (χ0v) is 12.5. The van der Waals surface area contributed by atoms with E-state index in [0.717, 1.165) is 0 Å². The SMILES string of the molecule is CC(C)(C)[C@H](N)C[C@@H](O)c1c(F)c(F)c(F)c(F)c1F.Cl. The van der Waals surface area contributed by atoms with E-state index in [1.165, 1.54) is 0 Å². The standard InChI is InChI=1S/C13H16F5NO.ClH/c1-13(2,3)6(19)4-5(20)7-8(14)10(16)12(18)11(17)9(7)15;/h5-6,20H,4,19H2,1-3H3;1H/t5-,6-;/m1./s1. The highest BCUT2D eigenvalue weighted by Crippen LogP contribution is 2.32. The average molecular weight is 334 g/mol. The van der Waals surface area contributed by atoms with Crippen LogP contribution in [0.3, 0.4) is 0 Å². The molecule has 0 radical (unpaired) electrons. The minimum Gasteiger partial charge on any atom is -0.388 e. The largest absolute Gasteiger partial charge is 0.388 e. The van der Waals surface area contributed by atoms with Crippen LogP contribution in [0.25, 0.3) is 0 Å². The summed E-state index contributed by atoms with van der Waals surface area (Å²) in [6.45, 7) is 5.18. The molecule has 0 heterocycles. The molecule has 1 rings (SSSR count). The van der Waals surface area contributed by atoms with Gasteiger partial charge in [-0.2, -0.15) is 0 Å². The van der Waals surface area contributed by atoms with Gasteiger partial charge in [0, 0.05) is 6.04 Å². The fraction of sp³-hybridized carbons (Fsp3) is 0.538. The number of hydrogen-bond acceptors (Lipinski definition) is 2. The Bertz CT molecular complexity index is 489. The van der Waals surface area contributed by atoms with Crippen LogP contribution in [0.1, 0.15) is 38.9 Å². The van der Waals surface area contributed by atoms with Crippen molar-refractivity contribution in [3.8, 4) is 0 Å². The molecule has 0 aliphatic carbocycles. The lowest BCUT2D eigenvalue weighted by Crippen LogP contribution is -2.36. The Labute approximate surface area is 125 Å². The lowest BCUT2D eigenvalue weighted by molar-refractivity contribution is 0.123. The van der Waals surface area contributed by atoms with Crippen molar-refractivity contribution < 1.29 is 27.1 Å². The molecule has 21 heavy (non-hydrogen) atoms. The Morgan fingerprint density at radius 3 is 1.57 bits per heavy atom. The normalized spacial score (nSPS) is 14.6. The average Bonchev–Trinajstić information content (AvgIpc) is 2.33. The van der Waals surface area contributed by atoms with Crippen molar-refractivity contribution in [3.05, 3.63) is 34.6 Å². The number of rotatable bonds is 3. The quantitative estimate of drug-likeness (QED) is 0.504. The van der Waals surface area contributed by atoms with Gasteiger partial charge in [-0.15, -0.1) is 12.4 Å². The summed E-state index contributed by atoms with van der Waals surface area (Å²) in [5.41, 5.74) is 3.98. The Morgan fingerprint density at radius 1 is 0.905 bits per heavy atom. The number of halogens is 6. The molecule has 3 N–H and O–H groups in total. The maximum atomic E-state index is 13.5. The molecule has 2 atom stereocenters. The van der Waals surface area contributed by atoms with Gasteiger partial charge < -0.3 is 10.8 Å². The lowest BCUT2D eigenvalue weighted by atomic mass is 9.83. The number of aliphatic hydroxyl groups excluding tert-OH is 1. The van der Waals surface area contributed by atoms with E-state index >= 15 is 0 Å². The van der Waals surface area contributed by atoms with Crippen molar-refractivity contribution in [2.75, 3.05) is 0 Å². The molecule has 0 saturated carbocycles. The lowest BCUT2D eigenvalue weighted by Gasteiger charge is -2.29. The highest BCUT2D eigenvalue weighted by molar-refractivity contribution is 5.85. The topological polar surface area (TPSA) is 46.2 Å². The van der Waals surface area contributed by atoms with Crippen LogP contribution in [0, 0.1) is 34.5 Å². The number of aliphatic hydroxyl groups is 1. The fourth-order valence-electron chi connectivity index (χ4n) is 1.63. The number of hydrogen-bond donors (Lipinski definition) is 2. The molecule has 2 nitrogen and oxygen atoms in total. The van der Waals surface area contributed by atoms with E-state index in [4.69, 9.17) is 5.73 Å². The van der Waals surface area contributed by atoms with Crippen LogP contribution in [-0.4, -0.2) is 11.1 Å². The van der Waals surface area contributed by atoms with Crippen LogP contribution in [0.15, 0.2) is 0 Å². The van der Waals surface area contributed by atoms with E-state index in [1.807, 2.05) is 0 Å². The fourth-order valence-corrected chi connectivity index (χ4v) is 1.63. The molecule has 0 bridgehead atoms. The van der Waals surface area contributed by atoms with E-state index < -0.39 is 52.2 Å². The molecule has 122 valence electrons. The second-order valence-electron chi connectivity index (χ2n) is 5.71. The van der Waals surface area contributed by atoms with Gasteiger partial charge in [-0.1, -0.05) is 20.8 Å². The van der Waals surface area contributed by atoms with Crippen molar-refractivity contribution >= 4 is 12.4 Å². The highest BCUT2D eigenvalue weighted by atomic mass is 35.5. The van der Waals surface area contributed by atoms with Crippen LogP contribution in [0.4, 0.5) is 22.0 Å². The van der Waals surface area contributed by atoms with Crippen molar-refractivity contribution in [1.82, 2.24) is 0 Å². The molecular formula is C13H17ClF5NO. The van der Waals surface area contributed by atoms with Crippen LogP contribution in [0.2, 0.25) is 0 Å². The van der Waals surface area contributed by atoms with Gasteiger partial charge in [0.25, 0.3) is 0 Å². The molecule has 0 aromatic heterocycles. The Balaban J connectivity index is 0.00000400. The monoisotopic (exact) mass is 333 g/mol. The van der Waals surface area contributed by atoms with Crippen LogP contribution in [-0.2, 0) is 0 Å². The van der Waals surface area contributed by atoms with Crippen molar-refractivity contribution in [3.63, 3.8) is 0 Å².